The van der Waals surface area contributed by atoms with Crippen molar-refractivity contribution in [1.29, 1.82) is 0 Å². The van der Waals surface area contributed by atoms with Crippen LogP contribution >= 0.6 is 0 Å². The summed E-state index contributed by atoms with van der Waals surface area (Å²) in [7, 11) is 0. The molecule has 0 aliphatic heterocycles. The van der Waals surface area contributed by atoms with Crippen molar-refractivity contribution in [3.8, 4) is 0 Å². The highest BCUT2D eigenvalue weighted by Crippen LogP contribution is 2.00. The maximum atomic E-state index is 11.8. The molecule has 0 aromatic rings. The van der Waals surface area contributed by atoms with Gasteiger partial charge in [-0.05, 0) is 20.3 Å². The Morgan fingerprint density at radius 2 is 1.00 bits per heavy atom. The number of carbonyl (C=O) groups excluding carboxylic acids is 4. The minimum atomic E-state index is -0.987. The number of amides is 4. The van der Waals surface area contributed by atoms with Gasteiger partial charge in [-0.25, -0.2) is 19.2 Å². The third-order valence-corrected chi connectivity index (χ3v) is 3.57. The number of carboxylic acid groups (broad SMARTS) is 1. The molecule has 0 fully saturated rings. The fourth-order valence-electron chi connectivity index (χ4n) is 2.08. The zero-order valence-electron chi connectivity index (χ0n) is 19.4. The molecule has 4 amide bonds. The van der Waals surface area contributed by atoms with Crippen molar-refractivity contribution >= 4 is 30.3 Å². The predicted molar refractivity (Wildman–Crippen MR) is 136 cm³/mol. The number of alkyl carbamates (subject to hydrolysis) is 4. The van der Waals surface area contributed by atoms with E-state index in [1.165, 1.54) is 0 Å². The molecular formula is C22H46N4O11. The second-order valence-electron chi connectivity index (χ2n) is 6.34. The Hall–Kier alpha value is -3.49. The second kappa shape index (κ2) is 27.1. The van der Waals surface area contributed by atoms with Gasteiger partial charge in [0.05, 0.1) is 13.2 Å². The molecule has 0 bridgehead atoms. The van der Waals surface area contributed by atoms with Gasteiger partial charge in [0.1, 0.15) is 19.3 Å². The summed E-state index contributed by atoms with van der Waals surface area (Å²) in [5, 5.41) is 18.3. The van der Waals surface area contributed by atoms with Gasteiger partial charge in [-0.1, -0.05) is 22.3 Å². The molecule has 5 N–H and O–H groups in total. The molecule has 0 aliphatic rings. The molecule has 0 heterocycles. The number of carboxylic acids is 1. The number of hydrogen-bond donors (Lipinski definition) is 5. The molecule has 0 aromatic carbocycles. The molecule has 15 nitrogen and oxygen atoms in total. The Morgan fingerprint density at radius 3 is 1.32 bits per heavy atom. The van der Waals surface area contributed by atoms with E-state index in [1.807, 2.05) is 0 Å². The lowest BCUT2D eigenvalue weighted by molar-refractivity contribution is -0.137. The molecule has 220 valence electrons. The van der Waals surface area contributed by atoms with Gasteiger partial charge in [-0.3, -0.25) is 4.79 Å². The first kappa shape index (κ1) is 40.7. The molecule has 0 saturated carbocycles. The lowest BCUT2D eigenvalue weighted by atomic mass is 10.3. The van der Waals surface area contributed by atoms with Gasteiger partial charge in [0.25, 0.3) is 0 Å². The van der Waals surface area contributed by atoms with E-state index in [1.54, 1.807) is 13.8 Å². The van der Waals surface area contributed by atoms with Crippen molar-refractivity contribution in [2.45, 2.75) is 55.1 Å². The topological polar surface area (TPSA) is 200 Å². The average Bonchev–Trinajstić information content (AvgIpc) is 2.78. The van der Waals surface area contributed by atoms with Gasteiger partial charge in [0, 0.05) is 39.2 Å². The Bertz CT molecular complexity index is 594. The van der Waals surface area contributed by atoms with Gasteiger partial charge in [0.15, 0.2) is 0 Å². The van der Waals surface area contributed by atoms with E-state index in [0.717, 1.165) is 0 Å². The summed E-state index contributed by atoms with van der Waals surface area (Å²) >= 11 is 0. The van der Waals surface area contributed by atoms with Crippen LogP contribution in [-0.2, 0) is 28.5 Å². The lowest BCUT2D eigenvalue weighted by Crippen LogP contribution is -2.38. The first-order valence-electron chi connectivity index (χ1n) is 10.7. The van der Waals surface area contributed by atoms with E-state index in [9.17, 15) is 24.0 Å². The van der Waals surface area contributed by atoms with Crippen molar-refractivity contribution < 1.29 is 52.8 Å². The zero-order chi connectivity index (χ0) is 25.6. The highest BCUT2D eigenvalue weighted by atomic mass is 16.6. The Morgan fingerprint density at radius 1 is 0.649 bits per heavy atom. The van der Waals surface area contributed by atoms with Crippen LogP contribution in [0.15, 0.2) is 0 Å². The summed E-state index contributed by atoms with van der Waals surface area (Å²) in [5.41, 5.74) is 0. The quantitative estimate of drug-likeness (QED) is 0.133. The fourth-order valence-corrected chi connectivity index (χ4v) is 2.08. The minimum absolute atomic E-state index is 0. The Balaban J connectivity index is -0.00000181. The van der Waals surface area contributed by atoms with E-state index in [-0.39, 0.29) is 94.3 Å². The Kier molecular flexibility index (Phi) is 29.8. The van der Waals surface area contributed by atoms with E-state index in [4.69, 9.17) is 19.3 Å². The molecule has 0 saturated heterocycles. The normalized spacial score (nSPS) is 9.27. The summed E-state index contributed by atoms with van der Waals surface area (Å²) in [4.78, 5) is 56.4. The van der Waals surface area contributed by atoms with Crippen molar-refractivity contribution in [1.82, 2.24) is 21.3 Å². The van der Waals surface area contributed by atoms with Gasteiger partial charge in [-0.15, -0.1) is 0 Å². The summed E-state index contributed by atoms with van der Waals surface area (Å²) in [6.45, 7) is 3.66. The van der Waals surface area contributed by atoms with Crippen LogP contribution in [0.2, 0.25) is 0 Å². The molecule has 0 unspecified atom stereocenters. The zero-order valence-corrected chi connectivity index (χ0v) is 19.4. The van der Waals surface area contributed by atoms with Gasteiger partial charge in [-0.2, -0.15) is 0 Å². The number of aliphatic carboxylic acids is 1. The first-order chi connectivity index (χ1) is 16.3. The largest absolute Gasteiger partial charge is 0.481 e. The molecule has 15 heteroatoms. The maximum Gasteiger partial charge on any atom is 0.407 e. The number of rotatable bonds is 17. The molecule has 0 rings (SSSR count). The molecule has 37 heavy (non-hydrogen) atoms. The van der Waals surface area contributed by atoms with Crippen molar-refractivity contribution in [3.05, 3.63) is 0 Å². The van der Waals surface area contributed by atoms with Crippen molar-refractivity contribution in [3.63, 3.8) is 0 Å². The third-order valence-electron chi connectivity index (χ3n) is 3.57. The smallest absolute Gasteiger partial charge is 0.407 e. The van der Waals surface area contributed by atoms with Crippen molar-refractivity contribution in [2.75, 3.05) is 59.2 Å². The minimum Gasteiger partial charge on any atom is -0.481 e. The van der Waals surface area contributed by atoms with Crippen LogP contribution in [0.3, 0.4) is 0 Å². The standard InChI is InChI=1S/C19H34N4O11.3CH4/c1-3-30-16(26)20-7-9-22-18(28)33-12-14(32-11-5-6-15(24)25)13-34-19(29)23-10-8-21-17(27)31-4-2;;;/h14H,3-13H2,1-2H3,(H,20,26)(H,21,27)(H,22,28)(H,23,29)(H,24,25);3*1H4. The second-order valence-corrected chi connectivity index (χ2v) is 6.34. The number of nitrogens with one attached hydrogen (secondary N) is 4. The molecule has 0 aromatic heterocycles. The summed E-state index contributed by atoms with van der Waals surface area (Å²) < 4.78 is 24.8. The number of carbonyl (C=O) groups is 5. The van der Waals surface area contributed by atoms with Gasteiger partial charge < -0.3 is 50.1 Å². The lowest BCUT2D eigenvalue weighted by Gasteiger charge is -2.18. The predicted octanol–water partition coefficient (Wildman–Crippen LogP) is 2.09. The first-order valence-corrected chi connectivity index (χ1v) is 10.7. The fraction of sp³-hybridized carbons (Fsp3) is 0.773. The SMILES string of the molecule is C.C.C.CCOC(=O)NCCNC(=O)OCC(COC(=O)NCCNC(=O)OCC)OCCCC(=O)O. The van der Waals surface area contributed by atoms with E-state index in [2.05, 4.69) is 30.7 Å². The summed E-state index contributed by atoms with van der Waals surface area (Å²) in [5.74, 6) is -0.987. The monoisotopic (exact) mass is 542 g/mol. The number of ether oxygens (including phenoxy) is 5. The number of hydrogen-bond acceptors (Lipinski definition) is 10. The highest BCUT2D eigenvalue weighted by Gasteiger charge is 2.16. The van der Waals surface area contributed by atoms with Crippen molar-refractivity contribution in [2.24, 2.45) is 0 Å². The molecule has 0 radical (unpaired) electrons. The van der Waals surface area contributed by atoms with Crippen LogP contribution < -0.4 is 21.3 Å². The van der Waals surface area contributed by atoms with E-state index < -0.39 is 36.4 Å². The van der Waals surface area contributed by atoms with Crippen LogP contribution in [0.5, 0.6) is 0 Å². The van der Waals surface area contributed by atoms with Gasteiger partial charge >= 0.3 is 30.3 Å². The average molecular weight is 543 g/mol. The molecule has 0 spiro atoms. The maximum absolute atomic E-state index is 11.8. The van der Waals surface area contributed by atoms with E-state index >= 15 is 0 Å². The highest BCUT2D eigenvalue weighted by molar-refractivity contribution is 5.69. The van der Waals surface area contributed by atoms with Gasteiger partial charge in [0.2, 0.25) is 0 Å². The third kappa shape index (κ3) is 26.9. The van der Waals surface area contributed by atoms with Crippen LogP contribution in [0.25, 0.3) is 0 Å². The molecule has 0 atom stereocenters. The van der Waals surface area contributed by atoms with Crippen LogP contribution in [0.4, 0.5) is 19.2 Å². The van der Waals surface area contributed by atoms with Crippen LogP contribution in [0, 0.1) is 0 Å². The Labute approximate surface area is 219 Å². The van der Waals surface area contributed by atoms with Crippen LogP contribution in [0.1, 0.15) is 49.0 Å². The van der Waals surface area contributed by atoms with E-state index in [0.29, 0.717) is 0 Å². The summed E-state index contributed by atoms with van der Waals surface area (Å²) in [6.07, 6.45) is -3.56. The molecule has 0 aliphatic carbocycles. The summed E-state index contributed by atoms with van der Waals surface area (Å²) in [6, 6.07) is 0. The molecular weight excluding hydrogens is 496 g/mol. The van der Waals surface area contributed by atoms with Crippen LogP contribution in [-0.4, -0.2) is 101 Å².